The second-order valence-electron chi connectivity index (χ2n) is 9.53. The highest BCUT2D eigenvalue weighted by atomic mass is 16.5. The molecule has 3 atom stereocenters. The number of aldehydes is 1. The van der Waals surface area contributed by atoms with Crippen LogP contribution in [0.3, 0.4) is 0 Å². The molecule has 2 rings (SSSR count). The van der Waals surface area contributed by atoms with E-state index in [0.29, 0.717) is 11.5 Å². The molecule has 0 aliphatic heterocycles. The predicted molar refractivity (Wildman–Crippen MR) is 106 cm³/mol. The van der Waals surface area contributed by atoms with Crippen molar-refractivity contribution < 1.29 is 9.53 Å². The minimum absolute atomic E-state index is 0.478. The maximum Gasteiger partial charge on any atom is 0.119 e. The van der Waals surface area contributed by atoms with Crippen LogP contribution in [0.25, 0.3) is 0 Å². The van der Waals surface area contributed by atoms with Crippen LogP contribution in [0.4, 0.5) is 0 Å². The summed E-state index contributed by atoms with van der Waals surface area (Å²) in [6.07, 6.45) is 21.1. The Morgan fingerprint density at radius 2 is 1.56 bits per heavy atom. The molecule has 0 aromatic heterocycles. The van der Waals surface area contributed by atoms with Crippen LogP contribution in [0.1, 0.15) is 110 Å². The molecule has 25 heavy (non-hydrogen) atoms. The van der Waals surface area contributed by atoms with Gasteiger partial charge >= 0.3 is 0 Å². The molecule has 2 saturated carbocycles. The molecule has 0 radical (unpaired) electrons. The summed E-state index contributed by atoms with van der Waals surface area (Å²) in [4.78, 5) is 10.3. The highest BCUT2D eigenvalue weighted by Gasteiger charge is 2.39. The zero-order valence-electron chi connectivity index (χ0n) is 16.9. The lowest BCUT2D eigenvalue weighted by molar-refractivity contribution is -0.107. The van der Waals surface area contributed by atoms with Crippen molar-refractivity contribution in [1.82, 2.24) is 0 Å². The lowest BCUT2D eigenvalue weighted by Crippen LogP contribution is -2.20. The minimum atomic E-state index is 0.478. The van der Waals surface area contributed by atoms with Gasteiger partial charge in [0.15, 0.2) is 0 Å². The third-order valence-corrected chi connectivity index (χ3v) is 6.68. The van der Waals surface area contributed by atoms with Crippen molar-refractivity contribution >= 4 is 6.29 Å². The van der Waals surface area contributed by atoms with E-state index in [2.05, 4.69) is 13.8 Å². The first-order chi connectivity index (χ1) is 12.1. The van der Waals surface area contributed by atoms with Gasteiger partial charge in [-0.05, 0) is 68.6 Å². The Morgan fingerprint density at radius 1 is 0.880 bits per heavy atom. The lowest BCUT2D eigenvalue weighted by atomic mass is 9.82. The van der Waals surface area contributed by atoms with Gasteiger partial charge in [-0.1, -0.05) is 52.4 Å². The van der Waals surface area contributed by atoms with Gasteiger partial charge in [0.2, 0.25) is 0 Å². The van der Waals surface area contributed by atoms with E-state index in [4.69, 9.17) is 4.74 Å². The van der Waals surface area contributed by atoms with Crippen molar-refractivity contribution in [2.24, 2.45) is 17.3 Å². The van der Waals surface area contributed by atoms with Crippen molar-refractivity contribution in [3.05, 3.63) is 0 Å². The van der Waals surface area contributed by atoms with Crippen LogP contribution in [0, 0.1) is 17.3 Å². The van der Waals surface area contributed by atoms with E-state index in [1.165, 1.54) is 83.5 Å². The SMILES string of the molecule is CC(C)(CCCCCC=O)CCCCCCCOC1CC2CCC1C2. The fraction of sp³-hybridized carbons (Fsp3) is 0.957. The maximum absolute atomic E-state index is 10.3. The molecule has 0 saturated heterocycles. The molecule has 146 valence electrons. The first-order valence-electron chi connectivity index (χ1n) is 11.2. The maximum atomic E-state index is 10.3. The molecule has 2 fully saturated rings. The Bertz CT molecular complexity index is 363. The van der Waals surface area contributed by atoms with E-state index in [1.807, 2.05) is 0 Å². The molecule has 3 unspecified atom stereocenters. The topological polar surface area (TPSA) is 26.3 Å². The Kier molecular flexibility index (Phi) is 9.52. The van der Waals surface area contributed by atoms with E-state index in [1.54, 1.807) is 0 Å². The zero-order chi connectivity index (χ0) is 18.0. The standard InChI is InChI=1S/C23H42O2/c1-23(2,15-9-5-6-10-16-24)14-8-4-3-7-11-17-25-22-19-20-12-13-21(22)18-20/h16,20-22H,3-15,17-19H2,1-2H3. The molecule has 2 aliphatic carbocycles. The summed E-state index contributed by atoms with van der Waals surface area (Å²) in [7, 11) is 0. The molecule has 0 spiro atoms. The van der Waals surface area contributed by atoms with Crippen molar-refractivity contribution in [2.45, 2.75) is 116 Å². The second kappa shape index (κ2) is 11.4. The molecule has 0 heterocycles. The van der Waals surface area contributed by atoms with Gasteiger partial charge in [-0.25, -0.2) is 0 Å². The molecule has 0 amide bonds. The quantitative estimate of drug-likeness (QED) is 0.242. The van der Waals surface area contributed by atoms with Crippen LogP contribution in [-0.4, -0.2) is 19.0 Å². The number of hydrogen-bond acceptors (Lipinski definition) is 2. The lowest BCUT2D eigenvalue weighted by Gasteiger charge is -2.24. The molecule has 0 aromatic carbocycles. The number of rotatable bonds is 15. The number of carbonyl (C=O) groups excluding carboxylic acids is 1. The van der Waals surface area contributed by atoms with Crippen molar-refractivity contribution in [3.63, 3.8) is 0 Å². The summed E-state index contributed by atoms with van der Waals surface area (Å²) in [5, 5.41) is 0. The van der Waals surface area contributed by atoms with E-state index < -0.39 is 0 Å². The smallest absolute Gasteiger partial charge is 0.119 e. The molecule has 2 heteroatoms. The molecular weight excluding hydrogens is 308 g/mol. The van der Waals surface area contributed by atoms with Crippen LogP contribution in [-0.2, 0) is 9.53 Å². The highest BCUT2D eigenvalue weighted by molar-refractivity contribution is 5.48. The van der Waals surface area contributed by atoms with Gasteiger partial charge in [-0.2, -0.15) is 0 Å². The van der Waals surface area contributed by atoms with Crippen molar-refractivity contribution in [3.8, 4) is 0 Å². The Morgan fingerprint density at radius 3 is 2.20 bits per heavy atom. The molecule has 0 N–H and O–H groups in total. The highest BCUT2D eigenvalue weighted by Crippen LogP contribution is 2.45. The molecule has 2 bridgehead atoms. The van der Waals surface area contributed by atoms with Crippen LogP contribution >= 0.6 is 0 Å². The van der Waals surface area contributed by atoms with Crippen LogP contribution in [0.5, 0.6) is 0 Å². The molecule has 2 nitrogen and oxygen atoms in total. The number of carbonyl (C=O) groups is 1. The average molecular weight is 351 g/mol. The van der Waals surface area contributed by atoms with Crippen molar-refractivity contribution in [1.29, 1.82) is 0 Å². The Hall–Kier alpha value is -0.370. The monoisotopic (exact) mass is 350 g/mol. The molecule has 0 aromatic rings. The third-order valence-electron chi connectivity index (χ3n) is 6.68. The van der Waals surface area contributed by atoms with Gasteiger partial charge in [0.1, 0.15) is 6.29 Å². The summed E-state index contributed by atoms with van der Waals surface area (Å²) in [6.45, 7) is 5.83. The average Bonchev–Trinajstić information content (AvgIpc) is 3.20. The van der Waals surface area contributed by atoms with Crippen LogP contribution in [0.15, 0.2) is 0 Å². The fourth-order valence-corrected chi connectivity index (χ4v) is 4.99. The van der Waals surface area contributed by atoms with Crippen LogP contribution in [0.2, 0.25) is 0 Å². The second-order valence-corrected chi connectivity index (χ2v) is 9.53. The van der Waals surface area contributed by atoms with Gasteiger partial charge in [-0.3, -0.25) is 0 Å². The van der Waals surface area contributed by atoms with E-state index in [-0.39, 0.29) is 0 Å². The van der Waals surface area contributed by atoms with Gasteiger partial charge in [0, 0.05) is 13.0 Å². The largest absolute Gasteiger partial charge is 0.378 e. The zero-order valence-corrected chi connectivity index (χ0v) is 16.9. The first-order valence-corrected chi connectivity index (χ1v) is 11.2. The summed E-state index contributed by atoms with van der Waals surface area (Å²) >= 11 is 0. The fourth-order valence-electron chi connectivity index (χ4n) is 4.99. The Labute approximate surface area is 156 Å². The Balaban J connectivity index is 1.37. The van der Waals surface area contributed by atoms with Crippen LogP contribution < -0.4 is 0 Å². The van der Waals surface area contributed by atoms with E-state index in [0.717, 1.165) is 37.6 Å². The molecule has 2 aliphatic rings. The number of hydrogen-bond donors (Lipinski definition) is 0. The van der Waals surface area contributed by atoms with E-state index in [9.17, 15) is 4.79 Å². The van der Waals surface area contributed by atoms with Gasteiger partial charge < -0.3 is 9.53 Å². The summed E-state index contributed by atoms with van der Waals surface area (Å²) in [6, 6.07) is 0. The third kappa shape index (κ3) is 8.24. The minimum Gasteiger partial charge on any atom is -0.378 e. The van der Waals surface area contributed by atoms with Gasteiger partial charge in [-0.15, -0.1) is 0 Å². The number of ether oxygens (including phenoxy) is 1. The van der Waals surface area contributed by atoms with Gasteiger partial charge in [0.25, 0.3) is 0 Å². The normalized spacial score (nSPS) is 25.6. The number of fused-ring (bicyclic) bond motifs is 2. The van der Waals surface area contributed by atoms with E-state index >= 15 is 0 Å². The summed E-state index contributed by atoms with van der Waals surface area (Å²) in [5.74, 6) is 1.91. The first kappa shape index (κ1) is 20.9. The summed E-state index contributed by atoms with van der Waals surface area (Å²) < 4.78 is 6.15. The molecular formula is C23H42O2. The van der Waals surface area contributed by atoms with Gasteiger partial charge in [0.05, 0.1) is 6.10 Å². The number of unbranched alkanes of at least 4 members (excludes halogenated alkanes) is 7. The predicted octanol–water partition coefficient (Wildman–Crippen LogP) is 6.71. The summed E-state index contributed by atoms with van der Waals surface area (Å²) in [5.41, 5.74) is 0.478. The van der Waals surface area contributed by atoms with Crippen molar-refractivity contribution in [2.75, 3.05) is 6.61 Å².